The van der Waals surface area contributed by atoms with E-state index in [0.717, 1.165) is 37.8 Å². The Hall–Kier alpha value is -2.21. The van der Waals surface area contributed by atoms with Gasteiger partial charge in [0.2, 0.25) is 0 Å². The van der Waals surface area contributed by atoms with Crippen LogP contribution in [-0.4, -0.2) is 54.4 Å². The fourth-order valence-electron chi connectivity index (χ4n) is 2.35. The number of ether oxygens (including phenoxy) is 1. The average molecular weight is 364 g/mol. The van der Waals surface area contributed by atoms with Gasteiger partial charge in [0.15, 0.2) is 5.96 Å². The van der Waals surface area contributed by atoms with E-state index >= 15 is 0 Å². The summed E-state index contributed by atoms with van der Waals surface area (Å²) in [5, 5.41) is 8.36. The van der Waals surface area contributed by atoms with E-state index < -0.39 is 0 Å². The summed E-state index contributed by atoms with van der Waals surface area (Å²) >= 11 is 5.86. The second-order valence-corrected chi connectivity index (χ2v) is 6.27. The number of nitrogens with zero attached hydrogens (tertiary/aromatic N) is 4. The van der Waals surface area contributed by atoms with Crippen LogP contribution < -0.4 is 10.1 Å². The predicted molar refractivity (Wildman–Crippen MR) is 103 cm³/mol. The summed E-state index contributed by atoms with van der Waals surface area (Å²) in [7, 11) is 3.78. The lowest BCUT2D eigenvalue weighted by atomic mass is 10.3. The largest absolute Gasteiger partial charge is 0.492 e. The standard InChI is InChI=1S/C18H26ClN5O/c1-15-13-22-24(14-15)10-4-9-21-18(20-2)23(3)11-12-25-17-7-5-16(19)6-8-17/h5-8,13-14H,4,9-12H2,1-3H3,(H,20,21). The number of aryl methyl sites for hydroxylation is 2. The molecule has 2 rings (SSSR count). The first-order chi connectivity index (χ1) is 12.1. The van der Waals surface area contributed by atoms with E-state index in [1.165, 1.54) is 5.56 Å². The maximum atomic E-state index is 5.86. The number of likely N-dealkylation sites (N-methyl/N-ethyl adjacent to an activating group) is 1. The maximum absolute atomic E-state index is 5.86. The van der Waals surface area contributed by atoms with E-state index in [0.29, 0.717) is 11.6 Å². The minimum Gasteiger partial charge on any atom is -0.492 e. The number of benzene rings is 1. The molecule has 0 aliphatic rings. The molecule has 7 heteroatoms. The van der Waals surface area contributed by atoms with E-state index in [1.54, 1.807) is 7.05 Å². The number of aromatic nitrogens is 2. The molecule has 0 fully saturated rings. The van der Waals surface area contributed by atoms with Crippen molar-refractivity contribution >= 4 is 17.6 Å². The fraction of sp³-hybridized carbons (Fsp3) is 0.444. The molecule has 0 aliphatic heterocycles. The van der Waals surface area contributed by atoms with E-state index in [1.807, 2.05) is 54.0 Å². The first-order valence-electron chi connectivity index (χ1n) is 8.37. The highest BCUT2D eigenvalue weighted by molar-refractivity contribution is 6.30. The molecule has 25 heavy (non-hydrogen) atoms. The normalized spacial score (nSPS) is 11.4. The van der Waals surface area contributed by atoms with Gasteiger partial charge in [-0.05, 0) is 43.2 Å². The SMILES string of the molecule is CN=C(NCCCn1cc(C)cn1)N(C)CCOc1ccc(Cl)cc1. The number of halogens is 1. The first kappa shape index (κ1) is 19.1. The van der Waals surface area contributed by atoms with Crippen LogP contribution in [-0.2, 0) is 6.54 Å². The molecule has 0 unspecified atom stereocenters. The van der Waals surface area contributed by atoms with E-state index in [9.17, 15) is 0 Å². The third-order valence-corrected chi connectivity index (χ3v) is 3.94. The number of aliphatic imine (C=N–C) groups is 1. The molecule has 1 aromatic heterocycles. The molecule has 0 atom stereocenters. The van der Waals surface area contributed by atoms with Crippen molar-refractivity contribution in [3.05, 3.63) is 47.2 Å². The van der Waals surface area contributed by atoms with Crippen molar-refractivity contribution in [3.63, 3.8) is 0 Å². The fourth-order valence-corrected chi connectivity index (χ4v) is 2.48. The Labute approximate surface area is 154 Å². The molecule has 0 aliphatic carbocycles. The van der Waals surface area contributed by atoms with Crippen molar-refractivity contribution in [2.45, 2.75) is 19.9 Å². The lowest BCUT2D eigenvalue weighted by Crippen LogP contribution is -2.41. The molecule has 0 bridgehead atoms. The monoisotopic (exact) mass is 363 g/mol. The van der Waals surface area contributed by atoms with Crippen LogP contribution in [0.5, 0.6) is 5.75 Å². The van der Waals surface area contributed by atoms with Gasteiger partial charge in [-0.2, -0.15) is 5.10 Å². The zero-order valence-electron chi connectivity index (χ0n) is 15.1. The van der Waals surface area contributed by atoms with Crippen molar-refractivity contribution in [1.29, 1.82) is 0 Å². The summed E-state index contributed by atoms with van der Waals surface area (Å²) in [6.45, 7) is 5.09. The van der Waals surface area contributed by atoms with Gasteiger partial charge in [-0.15, -0.1) is 0 Å². The zero-order valence-corrected chi connectivity index (χ0v) is 15.8. The highest BCUT2D eigenvalue weighted by Crippen LogP contribution is 2.15. The van der Waals surface area contributed by atoms with Gasteiger partial charge in [0.05, 0.1) is 12.7 Å². The van der Waals surface area contributed by atoms with Gasteiger partial charge < -0.3 is 15.0 Å². The van der Waals surface area contributed by atoms with Gasteiger partial charge in [0.1, 0.15) is 12.4 Å². The van der Waals surface area contributed by atoms with E-state index in [4.69, 9.17) is 16.3 Å². The molecule has 136 valence electrons. The lowest BCUT2D eigenvalue weighted by Gasteiger charge is -2.22. The Kier molecular flexibility index (Phi) is 7.60. The summed E-state index contributed by atoms with van der Waals surface area (Å²) in [6, 6.07) is 7.38. The highest BCUT2D eigenvalue weighted by Gasteiger charge is 2.05. The zero-order chi connectivity index (χ0) is 18.1. The molecular formula is C18H26ClN5O. The molecular weight excluding hydrogens is 338 g/mol. The molecule has 1 aromatic carbocycles. The van der Waals surface area contributed by atoms with Crippen molar-refractivity contribution in [2.75, 3.05) is 33.8 Å². The molecule has 2 aromatic rings. The predicted octanol–water partition coefficient (Wildman–Crippen LogP) is 2.82. The van der Waals surface area contributed by atoms with Gasteiger partial charge in [0, 0.05) is 38.4 Å². The molecule has 0 radical (unpaired) electrons. The minimum absolute atomic E-state index is 0.575. The summed E-state index contributed by atoms with van der Waals surface area (Å²) < 4.78 is 7.68. The molecule has 0 saturated heterocycles. The van der Waals surface area contributed by atoms with Crippen LogP contribution in [0.15, 0.2) is 41.7 Å². The third-order valence-electron chi connectivity index (χ3n) is 3.69. The van der Waals surface area contributed by atoms with Gasteiger partial charge in [-0.3, -0.25) is 9.67 Å². The molecule has 6 nitrogen and oxygen atoms in total. The minimum atomic E-state index is 0.575. The van der Waals surface area contributed by atoms with Crippen molar-refractivity contribution in [2.24, 2.45) is 4.99 Å². The van der Waals surface area contributed by atoms with Crippen molar-refractivity contribution < 1.29 is 4.74 Å². The first-order valence-corrected chi connectivity index (χ1v) is 8.75. The van der Waals surface area contributed by atoms with Crippen LogP contribution in [0.3, 0.4) is 0 Å². The summed E-state index contributed by atoms with van der Waals surface area (Å²) in [5.74, 6) is 1.67. The number of nitrogens with one attached hydrogen (secondary N) is 1. The summed E-state index contributed by atoms with van der Waals surface area (Å²) in [4.78, 5) is 6.36. The molecule has 1 heterocycles. The van der Waals surface area contributed by atoms with E-state index in [-0.39, 0.29) is 0 Å². The lowest BCUT2D eigenvalue weighted by molar-refractivity contribution is 0.281. The summed E-state index contributed by atoms with van der Waals surface area (Å²) in [6.07, 6.45) is 4.91. The van der Waals surface area contributed by atoms with Gasteiger partial charge in [-0.1, -0.05) is 11.6 Å². The third kappa shape index (κ3) is 6.66. The van der Waals surface area contributed by atoms with Crippen molar-refractivity contribution in [3.8, 4) is 5.75 Å². The Balaban J connectivity index is 1.65. The van der Waals surface area contributed by atoms with Crippen molar-refractivity contribution in [1.82, 2.24) is 20.0 Å². The molecule has 0 amide bonds. The second kappa shape index (κ2) is 9.93. The van der Waals surface area contributed by atoms with Gasteiger partial charge in [-0.25, -0.2) is 0 Å². The average Bonchev–Trinajstić information content (AvgIpc) is 3.02. The molecule has 1 N–H and O–H groups in total. The number of guanidine groups is 1. The molecule has 0 spiro atoms. The number of hydrogen-bond donors (Lipinski definition) is 1. The smallest absolute Gasteiger partial charge is 0.193 e. The molecule has 0 saturated carbocycles. The van der Waals surface area contributed by atoms with E-state index in [2.05, 4.69) is 21.6 Å². The van der Waals surface area contributed by atoms with Crippen LogP contribution in [0.25, 0.3) is 0 Å². The Bertz CT molecular complexity index is 668. The second-order valence-electron chi connectivity index (χ2n) is 5.83. The van der Waals surface area contributed by atoms with Crippen LogP contribution in [0, 0.1) is 6.92 Å². The van der Waals surface area contributed by atoms with Crippen LogP contribution in [0.2, 0.25) is 5.02 Å². The van der Waals surface area contributed by atoms with Crippen LogP contribution in [0.4, 0.5) is 0 Å². The Morgan fingerprint density at radius 2 is 2.12 bits per heavy atom. The topological polar surface area (TPSA) is 54.7 Å². The number of rotatable bonds is 8. The Morgan fingerprint density at radius 1 is 1.36 bits per heavy atom. The number of hydrogen-bond acceptors (Lipinski definition) is 3. The quantitative estimate of drug-likeness (QED) is 0.445. The maximum Gasteiger partial charge on any atom is 0.193 e. The highest BCUT2D eigenvalue weighted by atomic mass is 35.5. The van der Waals surface area contributed by atoms with Crippen LogP contribution in [0.1, 0.15) is 12.0 Å². The Morgan fingerprint density at radius 3 is 2.76 bits per heavy atom. The van der Waals surface area contributed by atoms with Gasteiger partial charge >= 0.3 is 0 Å². The summed E-state index contributed by atoms with van der Waals surface area (Å²) in [5.41, 5.74) is 1.18. The van der Waals surface area contributed by atoms with Gasteiger partial charge in [0.25, 0.3) is 0 Å². The van der Waals surface area contributed by atoms with Crippen LogP contribution >= 0.6 is 11.6 Å².